The van der Waals surface area contributed by atoms with Gasteiger partial charge in [0.1, 0.15) is 24.7 Å². The number of aryl methyl sites for hydroxylation is 1. The van der Waals surface area contributed by atoms with Crippen LogP contribution < -0.4 is 16.0 Å². The number of nitro groups is 1. The lowest BCUT2D eigenvalue weighted by Crippen LogP contribution is -2.37. The van der Waals surface area contributed by atoms with E-state index < -0.39 is 55.1 Å². The minimum Gasteiger partial charge on any atom is -0.459 e. The quantitative estimate of drug-likeness (QED) is 0.0564. The van der Waals surface area contributed by atoms with E-state index in [1.165, 1.54) is 59.3 Å². The zero-order valence-corrected chi connectivity index (χ0v) is 29.0. The number of nitrogens with zero attached hydrogens (tertiary/aromatic N) is 4. The minimum absolute atomic E-state index is 0.00989. The van der Waals surface area contributed by atoms with Crippen LogP contribution in [0, 0.1) is 28.4 Å². The average Bonchev–Trinajstić information content (AvgIpc) is 3.47. The number of hydrogen-bond acceptors (Lipinski definition) is 13. The first-order chi connectivity index (χ1) is 23.8. The number of rotatable bonds is 15. The van der Waals surface area contributed by atoms with Crippen molar-refractivity contribution in [1.82, 2.24) is 14.2 Å². The molecule has 16 nitrogen and oxygen atoms in total. The second-order valence-corrected chi connectivity index (χ2v) is 13.2. The maximum atomic E-state index is 13.4. The summed E-state index contributed by atoms with van der Waals surface area (Å²) in [6.07, 6.45) is -0.968. The predicted octanol–water partition coefficient (Wildman–Crippen LogP) is 4.78. The van der Waals surface area contributed by atoms with Crippen LogP contribution >= 0.6 is 8.53 Å². The Kier molecular flexibility index (Phi) is 13.1. The molecule has 0 radical (unpaired) electrons. The fourth-order valence-corrected chi connectivity index (χ4v) is 6.97. The van der Waals surface area contributed by atoms with Crippen molar-refractivity contribution in [3.05, 3.63) is 102 Å². The maximum absolute atomic E-state index is 13.4. The number of benzene rings is 2. The van der Waals surface area contributed by atoms with Gasteiger partial charge in [0, 0.05) is 42.4 Å². The number of ether oxygens (including phenoxy) is 3. The average molecular weight is 712 g/mol. The molecule has 17 heteroatoms. The molecule has 2 aromatic carbocycles. The van der Waals surface area contributed by atoms with Crippen molar-refractivity contribution in [3.8, 4) is 11.8 Å². The summed E-state index contributed by atoms with van der Waals surface area (Å²) in [6, 6.07) is 12.8. The number of carbonyl (C=O) groups is 2. The molecule has 1 aliphatic rings. The molecule has 266 valence electrons. The largest absolute Gasteiger partial charge is 0.459 e. The Bertz CT molecular complexity index is 1830. The lowest BCUT2D eigenvalue weighted by atomic mass is 10.1. The number of nitrogens with one attached hydrogen (secondary N) is 1. The Morgan fingerprint density at radius 3 is 2.34 bits per heavy atom. The SMILES string of the molecule is Cc1cn([C@H]2C[C@H](OP(OCCC#N)N(C(C)C)C(C)C)[C@@H](COC(=O)c3ccccc3C(=O)Oc3ccc([N+](=O)[O-])cc3)O2)c(=O)[nH]c1=O. The van der Waals surface area contributed by atoms with Crippen molar-refractivity contribution in [2.75, 3.05) is 13.2 Å². The number of esters is 2. The fourth-order valence-electron chi connectivity index (χ4n) is 5.21. The van der Waals surface area contributed by atoms with Crippen LogP contribution in [0.5, 0.6) is 5.75 Å². The van der Waals surface area contributed by atoms with E-state index in [9.17, 15) is 29.3 Å². The first kappa shape index (κ1) is 38.0. The Morgan fingerprint density at radius 2 is 1.74 bits per heavy atom. The third-order valence-corrected chi connectivity index (χ3v) is 9.68. The van der Waals surface area contributed by atoms with Crippen LogP contribution in [0.4, 0.5) is 5.69 Å². The molecule has 3 aromatic rings. The van der Waals surface area contributed by atoms with Crippen LogP contribution in [0.25, 0.3) is 0 Å². The second-order valence-electron chi connectivity index (χ2n) is 11.8. The highest BCUT2D eigenvalue weighted by molar-refractivity contribution is 7.44. The topological polar surface area (TPSA) is 205 Å². The molecule has 1 aliphatic heterocycles. The third kappa shape index (κ3) is 9.46. The van der Waals surface area contributed by atoms with Crippen LogP contribution in [0.2, 0.25) is 0 Å². The van der Waals surface area contributed by atoms with Gasteiger partial charge in [-0.2, -0.15) is 5.26 Å². The van der Waals surface area contributed by atoms with Gasteiger partial charge in [-0.05, 0) is 58.9 Å². The summed E-state index contributed by atoms with van der Waals surface area (Å²) in [5, 5.41) is 20.1. The Hall–Kier alpha value is -4.78. The minimum atomic E-state index is -1.76. The van der Waals surface area contributed by atoms with Crippen LogP contribution in [0.3, 0.4) is 0 Å². The molecule has 1 aromatic heterocycles. The zero-order valence-electron chi connectivity index (χ0n) is 28.1. The van der Waals surface area contributed by atoms with Gasteiger partial charge in [0.2, 0.25) is 0 Å². The first-order valence-electron chi connectivity index (χ1n) is 15.8. The van der Waals surface area contributed by atoms with Gasteiger partial charge in [-0.25, -0.2) is 19.1 Å². The molecule has 0 amide bonds. The van der Waals surface area contributed by atoms with Gasteiger partial charge in [0.25, 0.3) is 19.8 Å². The highest BCUT2D eigenvalue weighted by atomic mass is 31.2. The molecule has 4 atom stereocenters. The van der Waals surface area contributed by atoms with Crippen molar-refractivity contribution in [3.63, 3.8) is 0 Å². The molecule has 50 heavy (non-hydrogen) atoms. The summed E-state index contributed by atoms with van der Waals surface area (Å²) in [6.45, 7) is 9.22. The lowest BCUT2D eigenvalue weighted by Gasteiger charge is -2.37. The van der Waals surface area contributed by atoms with Gasteiger partial charge < -0.3 is 23.3 Å². The number of nitro benzene ring substituents is 1. The van der Waals surface area contributed by atoms with Crippen molar-refractivity contribution < 1.29 is 37.8 Å². The van der Waals surface area contributed by atoms with Crippen molar-refractivity contribution in [2.45, 2.75) is 78.0 Å². The first-order valence-corrected chi connectivity index (χ1v) is 16.9. The van der Waals surface area contributed by atoms with Crippen LogP contribution in [-0.2, 0) is 18.5 Å². The zero-order chi connectivity index (χ0) is 36.5. The van der Waals surface area contributed by atoms with E-state index >= 15 is 0 Å². The van der Waals surface area contributed by atoms with Gasteiger partial charge >= 0.3 is 17.6 Å². The molecule has 0 saturated carbocycles. The van der Waals surface area contributed by atoms with Gasteiger partial charge in [-0.15, -0.1) is 0 Å². The van der Waals surface area contributed by atoms with E-state index in [0.717, 1.165) is 0 Å². The van der Waals surface area contributed by atoms with E-state index in [1.807, 2.05) is 32.4 Å². The van der Waals surface area contributed by atoms with Gasteiger partial charge in [-0.1, -0.05) is 12.1 Å². The molecule has 1 N–H and O–H groups in total. The normalized spacial score (nSPS) is 17.9. The molecule has 0 spiro atoms. The van der Waals surface area contributed by atoms with Crippen LogP contribution in [0.1, 0.15) is 73.0 Å². The van der Waals surface area contributed by atoms with E-state index in [-0.39, 0.29) is 66.3 Å². The number of H-pyrrole nitrogens is 1. The van der Waals surface area contributed by atoms with Crippen molar-refractivity contribution >= 4 is 26.2 Å². The van der Waals surface area contributed by atoms with E-state index in [2.05, 4.69) is 11.1 Å². The third-order valence-electron chi connectivity index (χ3n) is 7.53. The Labute approximate surface area is 288 Å². The van der Waals surface area contributed by atoms with Gasteiger partial charge in [0.05, 0.1) is 41.3 Å². The molecule has 1 saturated heterocycles. The van der Waals surface area contributed by atoms with Gasteiger partial charge in [0.15, 0.2) is 0 Å². The molecule has 0 bridgehead atoms. The molecule has 1 unspecified atom stereocenters. The number of non-ortho nitro benzene ring substituents is 1. The predicted molar refractivity (Wildman–Crippen MR) is 179 cm³/mol. The number of aromatic nitrogens is 2. The Balaban J connectivity index is 1.57. The summed E-state index contributed by atoms with van der Waals surface area (Å²) in [5.74, 6) is -1.73. The molecule has 0 aliphatic carbocycles. The monoisotopic (exact) mass is 711 g/mol. The number of nitriles is 1. The summed E-state index contributed by atoms with van der Waals surface area (Å²) in [7, 11) is -1.76. The lowest BCUT2D eigenvalue weighted by molar-refractivity contribution is -0.384. The van der Waals surface area contributed by atoms with E-state index in [1.54, 1.807) is 6.92 Å². The smallest absolute Gasteiger partial charge is 0.344 e. The fraction of sp³-hybridized carbons (Fsp3) is 0.424. The van der Waals surface area contributed by atoms with Crippen molar-refractivity contribution in [2.24, 2.45) is 0 Å². The van der Waals surface area contributed by atoms with Gasteiger partial charge in [-0.3, -0.25) is 24.5 Å². The number of aromatic amines is 1. The summed E-state index contributed by atoms with van der Waals surface area (Å²) >= 11 is 0. The van der Waals surface area contributed by atoms with Crippen LogP contribution in [-0.4, -0.2) is 68.6 Å². The summed E-state index contributed by atoms with van der Waals surface area (Å²) < 4.78 is 33.1. The summed E-state index contributed by atoms with van der Waals surface area (Å²) in [5.41, 5.74) is -1.34. The number of carbonyl (C=O) groups excluding carboxylic acids is 2. The molecule has 2 heterocycles. The maximum Gasteiger partial charge on any atom is 0.344 e. The molecular weight excluding hydrogens is 673 g/mol. The van der Waals surface area contributed by atoms with Crippen LogP contribution in [0.15, 0.2) is 64.3 Å². The molecule has 4 rings (SSSR count). The highest BCUT2D eigenvalue weighted by Gasteiger charge is 2.42. The highest BCUT2D eigenvalue weighted by Crippen LogP contribution is 2.50. The van der Waals surface area contributed by atoms with Crippen molar-refractivity contribution in [1.29, 1.82) is 5.26 Å². The molecule has 1 fully saturated rings. The van der Waals surface area contributed by atoms with E-state index in [0.29, 0.717) is 0 Å². The number of hydrogen-bond donors (Lipinski definition) is 1. The Morgan fingerprint density at radius 1 is 1.10 bits per heavy atom. The molecular formula is C33H38N5O11P. The van der Waals surface area contributed by atoms with E-state index in [4.69, 9.17) is 28.5 Å². The standard InChI is InChI=1S/C33H38N5O11P/c1-20(2)37(21(3)4)50(46-16-8-15-34)49-27-17-29(36-18-22(5)30(39)35-33(36)42)48-28(27)19-45-31(40)25-9-6-7-10-26(25)32(41)47-24-13-11-23(12-14-24)38(43)44/h6-7,9-14,18,20-21,27-29H,8,16-17,19H2,1-5H3,(H,35,39,42)/t27-,28+,29+,50?/m0/s1. The second kappa shape index (κ2) is 17.2. The summed E-state index contributed by atoms with van der Waals surface area (Å²) in [4.78, 5) is 63.9.